The second-order valence-electron chi connectivity index (χ2n) is 9.99. The van der Waals surface area contributed by atoms with E-state index in [0.29, 0.717) is 44.7 Å². The van der Waals surface area contributed by atoms with Crippen LogP contribution in [0.15, 0.2) is 42.7 Å². The lowest BCUT2D eigenvalue weighted by atomic mass is 10.1. The Bertz CT molecular complexity index is 1310. The van der Waals surface area contributed by atoms with Gasteiger partial charge in [-0.15, -0.1) is 0 Å². The number of carbonyl (C=O) groups excluding carboxylic acids is 2. The quantitative estimate of drug-likeness (QED) is 0.342. The first-order valence-corrected chi connectivity index (χ1v) is 13.6. The minimum absolute atomic E-state index is 0.127. The molecule has 0 bridgehead atoms. The van der Waals surface area contributed by atoms with Crippen molar-refractivity contribution in [3.05, 3.63) is 68.5 Å². The fourth-order valence-corrected chi connectivity index (χ4v) is 5.16. The van der Waals surface area contributed by atoms with E-state index >= 15 is 0 Å². The fourth-order valence-electron chi connectivity index (χ4n) is 4.23. The minimum Gasteiger partial charge on any atom is -0.444 e. The Hall–Kier alpha value is -2.93. The third kappa shape index (κ3) is 7.13. The summed E-state index contributed by atoms with van der Waals surface area (Å²) in [6.45, 7) is 6.70. The highest BCUT2D eigenvalue weighted by molar-refractivity contribution is 14.1. The lowest BCUT2D eigenvalue weighted by Crippen LogP contribution is -2.49. The van der Waals surface area contributed by atoms with Gasteiger partial charge in [-0.2, -0.15) is 0 Å². The number of halogens is 3. The molecule has 12 heteroatoms. The molecule has 2 aromatic heterocycles. The van der Waals surface area contributed by atoms with Crippen LogP contribution in [0.25, 0.3) is 0 Å². The van der Waals surface area contributed by atoms with E-state index in [0.717, 1.165) is 12.8 Å². The highest BCUT2D eigenvalue weighted by Crippen LogP contribution is 2.28. The summed E-state index contributed by atoms with van der Waals surface area (Å²) in [5, 5.41) is 6.20. The number of ether oxygens (including phenoxy) is 1. The van der Waals surface area contributed by atoms with Crippen LogP contribution in [0.5, 0.6) is 0 Å². The number of benzene rings is 1. The predicted octanol–water partition coefficient (Wildman–Crippen LogP) is 5.47. The molecule has 2 amide bonds. The van der Waals surface area contributed by atoms with Gasteiger partial charge in [-0.1, -0.05) is 11.6 Å². The summed E-state index contributed by atoms with van der Waals surface area (Å²) in [5.41, 5.74) is 0.810. The Morgan fingerprint density at radius 1 is 1.24 bits per heavy atom. The van der Waals surface area contributed by atoms with Crippen LogP contribution in [-0.4, -0.2) is 51.3 Å². The highest BCUT2D eigenvalue weighted by Gasteiger charge is 2.30. The summed E-state index contributed by atoms with van der Waals surface area (Å²) >= 11 is 8.43. The zero-order chi connectivity index (χ0) is 27.4. The molecule has 1 aliphatic heterocycles. The molecular formula is C26H29ClFIN6O3. The fraction of sp³-hybridized carbons (Fsp3) is 0.385. The number of nitrogens with one attached hydrogen (secondary N) is 2. The predicted molar refractivity (Wildman–Crippen MR) is 152 cm³/mol. The van der Waals surface area contributed by atoms with Crippen LogP contribution in [0.4, 0.5) is 20.8 Å². The molecule has 0 spiro atoms. The van der Waals surface area contributed by atoms with Crippen LogP contribution in [0.3, 0.4) is 0 Å². The highest BCUT2D eigenvalue weighted by atomic mass is 127. The Balaban J connectivity index is 1.66. The number of piperidine rings is 1. The van der Waals surface area contributed by atoms with E-state index in [4.69, 9.17) is 21.3 Å². The van der Waals surface area contributed by atoms with Gasteiger partial charge >= 0.3 is 6.09 Å². The second-order valence-corrected chi connectivity index (χ2v) is 11.4. The molecule has 0 unspecified atom stereocenters. The van der Waals surface area contributed by atoms with Gasteiger partial charge in [-0.3, -0.25) is 9.78 Å². The number of amides is 2. The van der Waals surface area contributed by atoms with Crippen molar-refractivity contribution in [2.75, 3.05) is 23.3 Å². The van der Waals surface area contributed by atoms with Gasteiger partial charge in [-0.05, 0) is 92.1 Å². The molecule has 1 aliphatic rings. The monoisotopic (exact) mass is 654 g/mol. The number of hydrogen-bond donors (Lipinski definition) is 2. The largest absolute Gasteiger partial charge is 0.444 e. The van der Waals surface area contributed by atoms with E-state index in [2.05, 4.69) is 15.6 Å². The average Bonchev–Trinajstić information content (AvgIpc) is 3.16. The van der Waals surface area contributed by atoms with Gasteiger partial charge in [0.05, 0.1) is 6.54 Å². The van der Waals surface area contributed by atoms with Gasteiger partial charge in [0.25, 0.3) is 5.91 Å². The lowest BCUT2D eigenvalue weighted by molar-refractivity contribution is 0.0499. The summed E-state index contributed by atoms with van der Waals surface area (Å²) < 4.78 is 21.8. The summed E-state index contributed by atoms with van der Waals surface area (Å²) in [5.74, 6) is -0.263. The molecule has 1 atom stereocenters. The Morgan fingerprint density at radius 3 is 2.68 bits per heavy atom. The van der Waals surface area contributed by atoms with Crippen LogP contribution in [-0.2, 0) is 11.3 Å². The smallest absolute Gasteiger partial charge is 0.407 e. The minimum atomic E-state index is -0.605. The number of alkyl carbamates (subject to hydrolysis) is 1. The maximum Gasteiger partial charge on any atom is 0.407 e. The van der Waals surface area contributed by atoms with E-state index in [1.54, 1.807) is 29.1 Å². The third-order valence-corrected chi connectivity index (χ3v) is 6.94. The van der Waals surface area contributed by atoms with Crippen molar-refractivity contribution < 1.29 is 18.7 Å². The molecular weight excluding hydrogens is 626 g/mol. The van der Waals surface area contributed by atoms with Crippen LogP contribution >= 0.6 is 34.2 Å². The number of anilines is 2. The second kappa shape index (κ2) is 11.9. The van der Waals surface area contributed by atoms with Crippen molar-refractivity contribution in [3.8, 4) is 0 Å². The van der Waals surface area contributed by atoms with E-state index < -0.39 is 17.5 Å². The van der Waals surface area contributed by atoms with Gasteiger partial charge in [0.2, 0.25) is 5.95 Å². The average molecular weight is 655 g/mol. The zero-order valence-electron chi connectivity index (χ0n) is 21.3. The summed E-state index contributed by atoms with van der Waals surface area (Å²) in [6, 6.07) is 7.34. The number of imidazole rings is 1. The summed E-state index contributed by atoms with van der Waals surface area (Å²) in [7, 11) is 0. The molecule has 202 valence electrons. The van der Waals surface area contributed by atoms with Crippen molar-refractivity contribution in [2.24, 2.45) is 0 Å². The normalized spacial score (nSPS) is 15.7. The molecule has 1 aromatic carbocycles. The van der Waals surface area contributed by atoms with E-state index in [1.807, 2.05) is 48.3 Å². The first-order valence-electron chi connectivity index (χ1n) is 12.2. The van der Waals surface area contributed by atoms with Gasteiger partial charge < -0.3 is 24.8 Å². The van der Waals surface area contributed by atoms with Gasteiger partial charge in [0.1, 0.15) is 20.8 Å². The Morgan fingerprint density at radius 2 is 1.97 bits per heavy atom. The van der Waals surface area contributed by atoms with Crippen molar-refractivity contribution >= 4 is 57.8 Å². The Labute approximate surface area is 239 Å². The standard InChI is InChI=1S/C26H29ClFIN6O3/c1-26(2,3)38-25(37)32-19-5-4-12-34(15-19)24-33-22(29)21(23(36)31-18-8-10-30-11-9-18)35(24)14-16-13-17(28)6-7-20(16)27/h6-11,13,19H,4-5,12,14-15H2,1-3H3,(H,32,37)(H,30,31,36)/t19-/m1/s1. The Kier molecular flexibility index (Phi) is 8.76. The number of carbonyl (C=O) groups is 2. The number of aromatic nitrogens is 3. The number of hydrogen-bond acceptors (Lipinski definition) is 6. The number of nitrogens with zero attached hydrogens (tertiary/aromatic N) is 4. The number of rotatable bonds is 6. The summed E-state index contributed by atoms with van der Waals surface area (Å²) in [4.78, 5) is 36.6. The van der Waals surface area contributed by atoms with Crippen LogP contribution < -0.4 is 15.5 Å². The molecule has 0 aliphatic carbocycles. The lowest BCUT2D eigenvalue weighted by Gasteiger charge is -2.34. The van der Waals surface area contributed by atoms with Crippen molar-refractivity contribution in [1.82, 2.24) is 19.9 Å². The summed E-state index contributed by atoms with van der Waals surface area (Å²) in [6.07, 6.45) is 4.26. The topological polar surface area (TPSA) is 101 Å². The first kappa shape index (κ1) is 28.1. The van der Waals surface area contributed by atoms with E-state index in [1.165, 1.54) is 18.2 Å². The number of pyridine rings is 1. The van der Waals surface area contributed by atoms with E-state index in [-0.39, 0.29) is 18.5 Å². The molecule has 9 nitrogen and oxygen atoms in total. The van der Waals surface area contributed by atoms with Gasteiger partial charge in [-0.25, -0.2) is 14.2 Å². The van der Waals surface area contributed by atoms with Crippen molar-refractivity contribution in [2.45, 2.75) is 51.8 Å². The molecule has 1 fully saturated rings. The van der Waals surface area contributed by atoms with Gasteiger partial charge in [0, 0.05) is 42.2 Å². The van der Waals surface area contributed by atoms with Crippen LogP contribution in [0.2, 0.25) is 5.02 Å². The molecule has 3 aromatic rings. The van der Waals surface area contributed by atoms with Crippen LogP contribution in [0.1, 0.15) is 49.7 Å². The van der Waals surface area contributed by atoms with Crippen molar-refractivity contribution in [1.29, 1.82) is 0 Å². The molecule has 38 heavy (non-hydrogen) atoms. The zero-order valence-corrected chi connectivity index (χ0v) is 24.2. The maximum atomic E-state index is 14.1. The molecule has 1 saturated heterocycles. The van der Waals surface area contributed by atoms with Crippen molar-refractivity contribution in [3.63, 3.8) is 0 Å². The molecule has 2 N–H and O–H groups in total. The molecule has 3 heterocycles. The SMILES string of the molecule is CC(C)(C)OC(=O)N[C@@H]1CCCN(c2nc(I)c(C(=O)Nc3ccncc3)n2Cc2cc(F)ccc2Cl)C1. The molecule has 0 radical (unpaired) electrons. The molecule has 0 saturated carbocycles. The van der Waals surface area contributed by atoms with E-state index in [9.17, 15) is 14.0 Å². The maximum absolute atomic E-state index is 14.1. The van der Waals surface area contributed by atoms with Crippen LogP contribution in [0, 0.1) is 9.52 Å². The van der Waals surface area contributed by atoms with Gasteiger partial charge in [0.15, 0.2) is 0 Å². The first-order chi connectivity index (χ1) is 18.0. The molecule has 4 rings (SSSR count). The third-order valence-electron chi connectivity index (χ3n) is 5.82.